The van der Waals surface area contributed by atoms with Gasteiger partial charge in [0.15, 0.2) is 0 Å². The highest BCUT2D eigenvalue weighted by molar-refractivity contribution is 5.91. The van der Waals surface area contributed by atoms with Crippen molar-refractivity contribution in [2.24, 2.45) is 5.92 Å². The van der Waals surface area contributed by atoms with Gasteiger partial charge < -0.3 is 9.63 Å². The van der Waals surface area contributed by atoms with Gasteiger partial charge in [-0.05, 0) is 18.4 Å². The van der Waals surface area contributed by atoms with Gasteiger partial charge in [-0.2, -0.15) is 0 Å². The first-order valence-electron chi connectivity index (χ1n) is 5.05. The summed E-state index contributed by atoms with van der Waals surface area (Å²) in [5, 5.41) is 13.5. The maximum Gasteiger partial charge on any atom is 0.337 e. The number of rotatable bonds is 3. The molecule has 0 aliphatic rings. The zero-order chi connectivity index (χ0) is 11.7. The fraction of sp³-hybridized carbons (Fsp3) is 0.364. The molecule has 0 aromatic carbocycles. The third-order valence-corrected chi connectivity index (χ3v) is 2.25. The summed E-state index contributed by atoms with van der Waals surface area (Å²) in [6.45, 7) is 4.13. The second kappa shape index (κ2) is 3.92. The van der Waals surface area contributed by atoms with Gasteiger partial charge in [0.05, 0.1) is 16.6 Å². The molecule has 16 heavy (non-hydrogen) atoms. The van der Waals surface area contributed by atoms with E-state index in [0.717, 1.165) is 12.1 Å². The Morgan fingerprint density at radius 3 is 2.94 bits per heavy atom. The average molecular weight is 220 g/mol. The fourth-order valence-electron chi connectivity index (χ4n) is 1.53. The van der Waals surface area contributed by atoms with Crippen molar-refractivity contribution < 1.29 is 14.4 Å². The molecule has 2 heterocycles. The number of hydrogen-bond acceptors (Lipinski definition) is 4. The summed E-state index contributed by atoms with van der Waals surface area (Å²) in [4.78, 5) is 14.7. The van der Waals surface area contributed by atoms with Crippen LogP contribution in [0.1, 0.15) is 29.9 Å². The largest absolute Gasteiger partial charge is 0.478 e. The second-order valence-electron chi connectivity index (χ2n) is 4.11. The summed E-state index contributed by atoms with van der Waals surface area (Å²) >= 11 is 0. The number of aromatic nitrogens is 2. The molecule has 0 bridgehead atoms. The lowest BCUT2D eigenvalue weighted by Gasteiger charge is -1.99. The van der Waals surface area contributed by atoms with Crippen LogP contribution in [0.25, 0.3) is 11.1 Å². The lowest BCUT2D eigenvalue weighted by Crippen LogP contribution is -1.98. The second-order valence-corrected chi connectivity index (χ2v) is 4.11. The number of carboxylic acids is 1. The quantitative estimate of drug-likeness (QED) is 0.857. The maximum absolute atomic E-state index is 10.8. The fourth-order valence-corrected chi connectivity index (χ4v) is 1.53. The van der Waals surface area contributed by atoms with Crippen LogP contribution in [0.5, 0.6) is 0 Å². The molecule has 0 radical (unpaired) electrons. The van der Waals surface area contributed by atoms with Gasteiger partial charge in [-0.3, -0.25) is 0 Å². The van der Waals surface area contributed by atoms with Crippen molar-refractivity contribution in [3.05, 3.63) is 23.5 Å². The smallest absolute Gasteiger partial charge is 0.337 e. The van der Waals surface area contributed by atoms with Crippen LogP contribution in [0, 0.1) is 5.92 Å². The van der Waals surface area contributed by atoms with E-state index in [1.807, 2.05) is 0 Å². The Morgan fingerprint density at radius 2 is 2.31 bits per heavy atom. The predicted octanol–water partition coefficient (Wildman–Crippen LogP) is 2.12. The van der Waals surface area contributed by atoms with Crippen LogP contribution in [0.15, 0.2) is 16.8 Å². The van der Waals surface area contributed by atoms with E-state index in [1.165, 1.54) is 6.20 Å². The van der Waals surface area contributed by atoms with Crippen LogP contribution in [0.4, 0.5) is 0 Å². The number of hydrogen-bond donors (Lipinski definition) is 1. The SMILES string of the molecule is CC(C)Cc1noc2ncc(C(=O)O)cc12. The van der Waals surface area contributed by atoms with Crippen molar-refractivity contribution in [3.8, 4) is 0 Å². The maximum atomic E-state index is 10.8. The highest BCUT2D eigenvalue weighted by Crippen LogP contribution is 2.20. The van der Waals surface area contributed by atoms with Gasteiger partial charge in [0.1, 0.15) is 0 Å². The third kappa shape index (κ3) is 1.88. The van der Waals surface area contributed by atoms with Crippen molar-refractivity contribution in [3.63, 3.8) is 0 Å². The minimum absolute atomic E-state index is 0.153. The summed E-state index contributed by atoms with van der Waals surface area (Å²) in [5.41, 5.74) is 1.31. The predicted molar refractivity (Wildman–Crippen MR) is 57.3 cm³/mol. The van der Waals surface area contributed by atoms with Gasteiger partial charge in [-0.25, -0.2) is 9.78 Å². The molecular weight excluding hydrogens is 208 g/mol. The summed E-state index contributed by atoms with van der Waals surface area (Å²) in [5.74, 6) is -0.562. The number of nitrogens with zero attached hydrogens (tertiary/aromatic N) is 2. The molecule has 0 aliphatic heterocycles. The van der Waals surface area contributed by atoms with Gasteiger partial charge in [-0.1, -0.05) is 19.0 Å². The Labute approximate surface area is 92.1 Å². The molecule has 5 heteroatoms. The van der Waals surface area contributed by atoms with Crippen molar-refractivity contribution >= 4 is 17.1 Å². The van der Waals surface area contributed by atoms with Gasteiger partial charge in [-0.15, -0.1) is 0 Å². The standard InChI is InChI=1S/C11H12N2O3/c1-6(2)3-9-8-4-7(11(14)15)5-12-10(8)16-13-9/h4-6H,3H2,1-2H3,(H,14,15). The van der Waals surface area contributed by atoms with Crippen LogP contribution < -0.4 is 0 Å². The van der Waals surface area contributed by atoms with E-state index in [4.69, 9.17) is 9.63 Å². The molecule has 2 aromatic heterocycles. The molecule has 0 aliphatic carbocycles. The topological polar surface area (TPSA) is 76.2 Å². The molecule has 0 spiro atoms. The molecule has 0 fully saturated rings. The minimum atomic E-state index is -0.994. The first kappa shape index (κ1) is 10.6. The third-order valence-electron chi connectivity index (χ3n) is 2.25. The first-order valence-corrected chi connectivity index (χ1v) is 5.05. The number of aromatic carboxylic acids is 1. The van der Waals surface area contributed by atoms with E-state index in [-0.39, 0.29) is 5.56 Å². The number of pyridine rings is 1. The Kier molecular flexibility index (Phi) is 2.60. The highest BCUT2D eigenvalue weighted by Gasteiger charge is 2.13. The van der Waals surface area contributed by atoms with Crippen LogP contribution in [0.2, 0.25) is 0 Å². The van der Waals surface area contributed by atoms with Crippen LogP contribution in [-0.4, -0.2) is 21.2 Å². The van der Waals surface area contributed by atoms with Crippen molar-refractivity contribution in [1.29, 1.82) is 0 Å². The van der Waals surface area contributed by atoms with Gasteiger partial charge in [0.25, 0.3) is 5.71 Å². The van der Waals surface area contributed by atoms with Crippen molar-refractivity contribution in [2.75, 3.05) is 0 Å². The highest BCUT2D eigenvalue weighted by atomic mass is 16.5. The molecule has 0 amide bonds. The monoisotopic (exact) mass is 220 g/mol. The molecule has 0 unspecified atom stereocenters. The van der Waals surface area contributed by atoms with E-state index in [2.05, 4.69) is 24.0 Å². The molecule has 0 saturated carbocycles. The number of carboxylic acid groups (broad SMARTS) is 1. The molecule has 1 N–H and O–H groups in total. The Hall–Kier alpha value is -1.91. The molecule has 5 nitrogen and oxygen atoms in total. The minimum Gasteiger partial charge on any atom is -0.478 e. The van der Waals surface area contributed by atoms with E-state index in [0.29, 0.717) is 17.0 Å². The summed E-state index contributed by atoms with van der Waals surface area (Å²) in [7, 11) is 0. The zero-order valence-corrected chi connectivity index (χ0v) is 9.10. The van der Waals surface area contributed by atoms with Crippen LogP contribution in [-0.2, 0) is 6.42 Å². The normalized spacial score (nSPS) is 11.2. The van der Waals surface area contributed by atoms with Crippen LogP contribution in [0.3, 0.4) is 0 Å². The first-order chi connectivity index (χ1) is 7.58. The van der Waals surface area contributed by atoms with E-state index < -0.39 is 5.97 Å². The summed E-state index contributed by atoms with van der Waals surface area (Å²) < 4.78 is 5.03. The number of carbonyl (C=O) groups is 1. The van der Waals surface area contributed by atoms with Crippen LogP contribution >= 0.6 is 0 Å². The Balaban J connectivity index is 2.51. The lowest BCUT2D eigenvalue weighted by molar-refractivity contribution is 0.0696. The van der Waals surface area contributed by atoms with E-state index in [1.54, 1.807) is 6.07 Å². The Morgan fingerprint density at radius 1 is 1.56 bits per heavy atom. The van der Waals surface area contributed by atoms with E-state index in [9.17, 15) is 4.79 Å². The molecule has 84 valence electrons. The average Bonchev–Trinajstić information content (AvgIpc) is 2.60. The van der Waals surface area contributed by atoms with Gasteiger partial charge >= 0.3 is 5.97 Å². The lowest BCUT2D eigenvalue weighted by atomic mass is 10.1. The molecule has 0 atom stereocenters. The molecule has 2 aromatic rings. The van der Waals surface area contributed by atoms with Crippen molar-refractivity contribution in [2.45, 2.75) is 20.3 Å². The van der Waals surface area contributed by atoms with Crippen molar-refractivity contribution in [1.82, 2.24) is 10.1 Å². The summed E-state index contributed by atoms with van der Waals surface area (Å²) in [6.07, 6.45) is 2.02. The molecule has 2 rings (SSSR count). The Bertz CT molecular complexity index is 531. The van der Waals surface area contributed by atoms with Gasteiger partial charge in [0, 0.05) is 6.20 Å². The molecular formula is C11H12N2O3. The van der Waals surface area contributed by atoms with E-state index >= 15 is 0 Å². The molecule has 0 saturated heterocycles. The van der Waals surface area contributed by atoms with Gasteiger partial charge in [0.2, 0.25) is 0 Å². The number of fused-ring (bicyclic) bond motifs is 1. The zero-order valence-electron chi connectivity index (χ0n) is 9.10. The summed E-state index contributed by atoms with van der Waals surface area (Å²) in [6, 6.07) is 1.55.